The van der Waals surface area contributed by atoms with Gasteiger partial charge in [0.25, 0.3) is 5.91 Å². The zero-order chi connectivity index (χ0) is 14.7. The summed E-state index contributed by atoms with van der Waals surface area (Å²) in [7, 11) is 1.57. The van der Waals surface area contributed by atoms with E-state index in [1.807, 2.05) is 6.07 Å². The summed E-state index contributed by atoms with van der Waals surface area (Å²) in [5, 5.41) is 0.837. The molecule has 0 saturated heterocycles. The van der Waals surface area contributed by atoms with Crippen molar-refractivity contribution in [2.24, 2.45) is 5.73 Å². The van der Waals surface area contributed by atoms with Crippen molar-refractivity contribution < 1.29 is 19.1 Å². The molecule has 0 aliphatic heterocycles. The summed E-state index contributed by atoms with van der Waals surface area (Å²) in [4.78, 5) is 26.8. The Hall–Kier alpha value is -2.63. The molecule has 1 atom stereocenters. The van der Waals surface area contributed by atoms with E-state index >= 15 is 0 Å². The number of carbonyl (C=O) groups excluding carboxylic acids is 2. The molecule has 6 nitrogen and oxygen atoms in total. The second-order valence-electron chi connectivity index (χ2n) is 4.21. The first kappa shape index (κ1) is 13.8. The van der Waals surface area contributed by atoms with E-state index in [0.29, 0.717) is 11.3 Å². The van der Waals surface area contributed by atoms with Crippen LogP contribution in [0.5, 0.6) is 5.75 Å². The van der Waals surface area contributed by atoms with Crippen LogP contribution in [-0.2, 0) is 9.53 Å². The standard InChI is InChI=1S/C14H14N2O4/c1-8(13(15)17)20-14(18)12-5-3-9-7-10(19-2)4-6-11(9)16-12/h3-8H,1-2H3,(H2,15,17)/t8-/m1/s1. The van der Waals surface area contributed by atoms with E-state index in [1.54, 1.807) is 25.3 Å². The fraction of sp³-hybridized carbons (Fsp3) is 0.214. The van der Waals surface area contributed by atoms with Gasteiger partial charge in [0.2, 0.25) is 0 Å². The van der Waals surface area contributed by atoms with Crippen molar-refractivity contribution in [1.29, 1.82) is 0 Å². The smallest absolute Gasteiger partial charge is 0.357 e. The molecule has 0 spiro atoms. The van der Waals surface area contributed by atoms with Crippen LogP contribution in [0.2, 0.25) is 0 Å². The van der Waals surface area contributed by atoms with Crippen LogP contribution < -0.4 is 10.5 Å². The Balaban J connectivity index is 2.27. The largest absolute Gasteiger partial charge is 0.497 e. The van der Waals surface area contributed by atoms with Gasteiger partial charge in [-0.05, 0) is 31.2 Å². The number of aromatic nitrogens is 1. The number of carbonyl (C=O) groups is 2. The Morgan fingerprint density at radius 2 is 2.00 bits per heavy atom. The Morgan fingerprint density at radius 3 is 2.65 bits per heavy atom. The molecular weight excluding hydrogens is 260 g/mol. The van der Waals surface area contributed by atoms with Gasteiger partial charge in [-0.3, -0.25) is 4.79 Å². The second-order valence-corrected chi connectivity index (χ2v) is 4.21. The molecule has 2 rings (SSSR count). The van der Waals surface area contributed by atoms with Crippen molar-refractivity contribution >= 4 is 22.8 Å². The normalized spacial score (nSPS) is 11.9. The molecule has 0 radical (unpaired) electrons. The number of methoxy groups -OCH3 is 1. The third kappa shape index (κ3) is 2.85. The van der Waals surface area contributed by atoms with Crippen LogP contribution in [0.15, 0.2) is 30.3 Å². The highest BCUT2D eigenvalue weighted by atomic mass is 16.5. The quantitative estimate of drug-likeness (QED) is 0.848. The zero-order valence-corrected chi connectivity index (χ0v) is 11.1. The zero-order valence-electron chi connectivity index (χ0n) is 11.1. The molecule has 0 unspecified atom stereocenters. The number of primary amides is 1. The molecule has 0 aliphatic carbocycles. The molecule has 104 valence electrons. The molecule has 1 heterocycles. The van der Waals surface area contributed by atoms with Crippen molar-refractivity contribution in [2.45, 2.75) is 13.0 Å². The number of nitrogens with two attached hydrogens (primary N) is 1. The Kier molecular flexibility index (Phi) is 3.84. The number of rotatable bonds is 4. The van der Waals surface area contributed by atoms with Crippen LogP contribution in [0.25, 0.3) is 10.9 Å². The minimum absolute atomic E-state index is 0.121. The average molecular weight is 274 g/mol. The minimum Gasteiger partial charge on any atom is -0.497 e. The topological polar surface area (TPSA) is 91.5 Å². The van der Waals surface area contributed by atoms with Crippen LogP contribution in [0, 0.1) is 0 Å². The van der Waals surface area contributed by atoms with Crippen LogP contribution in [0.1, 0.15) is 17.4 Å². The molecule has 6 heteroatoms. The molecular formula is C14H14N2O4. The predicted octanol–water partition coefficient (Wildman–Crippen LogP) is 1.27. The van der Waals surface area contributed by atoms with Gasteiger partial charge in [0.05, 0.1) is 12.6 Å². The molecule has 0 bridgehead atoms. The number of hydrogen-bond acceptors (Lipinski definition) is 5. The van der Waals surface area contributed by atoms with Gasteiger partial charge in [-0.15, -0.1) is 0 Å². The number of benzene rings is 1. The van der Waals surface area contributed by atoms with E-state index in [9.17, 15) is 9.59 Å². The monoisotopic (exact) mass is 274 g/mol. The molecule has 2 aromatic rings. The lowest BCUT2D eigenvalue weighted by atomic mass is 10.2. The number of ether oxygens (including phenoxy) is 2. The third-order valence-corrected chi connectivity index (χ3v) is 2.79. The highest BCUT2D eigenvalue weighted by Gasteiger charge is 2.17. The molecule has 1 aromatic heterocycles. The SMILES string of the molecule is COc1ccc2nc(C(=O)O[C@H](C)C(N)=O)ccc2c1. The first-order valence-electron chi connectivity index (χ1n) is 5.96. The van der Waals surface area contributed by atoms with Crippen molar-refractivity contribution in [1.82, 2.24) is 4.98 Å². The molecule has 20 heavy (non-hydrogen) atoms. The van der Waals surface area contributed by atoms with Crippen LogP contribution in [0.4, 0.5) is 0 Å². The van der Waals surface area contributed by atoms with E-state index in [4.69, 9.17) is 15.2 Å². The van der Waals surface area contributed by atoms with Gasteiger partial charge in [-0.2, -0.15) is 0 Å². The first-order valence-corrected chi connectivity index (χ1v) is 5.96. The maximum absolute atomic E-state index is 11.8. The number of amides is 1. The van der Waals surface area contributed by atoms with Gasteiger partial charge < -0.3 is 15.2 Å². The lowest BCUT2D eigenvalue weighted by Gasteiger charge is -2.09. The summed E-state index contributed by atoms with van der Waals surface area (Å²) < 4.78 is 10.00. The van der Waals surface area contributed by atoms with Crippen molar-refractivity contribution in [3.63, 3.8) is 0 Å². The molecule has 1 aromatic carbocycles. The van der Waals surface area contributed by atoms with Crippen LogP contribution in [0.3, 0.4) is 0 Å². The van der Waals surface area contributed by atoms with Crippen LogP contribution >= 0.6 is 0 Å². The lowest BCUT2D eigenvalue weighted by molar-refractivity contribution is -0.125. The summed E-state index contributed by atoms with van der Waals surface area (Å²) in [5.41, 5.74) is 5.79. The fourth-order valence-electron chi connectivity index (χ4n) is 1.62. The van der Waals surface area contributed by atoms with E-state index in [1.165, 1.54) is 13.0 Å². The maximum Gasteiger partial charge on any atom is 0.357 e. The number of esters is 1. The van der Waals surface area contributed by atoms with Gasteiger partial charge in [0.1, 0.15) is 11.4 Å². The van der Waals surface area contributed by atoms with E-state index in [0.717, 1.165) is 5.39 Å². The lowest BCUT2D eigenvalue weighted by Crippen LogP contribution is -2.30. The summed E-state index contributed by atoms with van der Waals surface area (Å²) in [6.07, 6.45) is -0.990. The van der Waals surface area contributed by atoms with Gasteiger partial charge in [-0.25, -0.2) is 9.78 Å². The minimum atomic E-state index is -0.990. The number of hydrogen-bond donors (Lipinski definition) is 1. The highest BCUT2D eigenvalue weighted by molar-refractivity contribution is 5.93. The average Bonchev–Trinajstić information content (AvgIpc) is 2.45. The molecule has 1 amide bonds. The second kappa shape index (κ2) is 5.56. The first-order chi connectivity index (χ1) is 9.51. The van der Waals surface area contributed by atoms with Gasteiger partial charge in [-0.1, -0.05) is 6.07 Å². The van der Waals surface area contributed by atoms with Crippen molar-refractivity contribution in [3.8, 4) is 5.75 Å². The maximum atomic E-state index is 11.8. The third-order valence-electron chi connectivity index (χ3n) is 2.79. The summed E-state index contributed by atoms with van der Waals surface area (Å²) in [6.45, 7) is 1.41. The predicted molar refractivity (Wildman–Crippen MR) is 72.4 cm³/mol. The molecule has 2 N–H and O–H groups in total. The number of pyridine rings is 1. The Morgan fingerprint density at radius 1 is 1.25 bits per heavy atom. The van der Waals surface area contributed by atoms with Crippen LogP contribution in [-0.4, -0.2) is 30.1 Å². The molecule has 0 fully saturated rings. The highest BCUT2D eigenvalue weighted by Crippen LogP contribution is 2.19. The Labute approximate surface area is 115 Å². The van der Waals surface area contributed by atoms with Crippen molar-refractivity contribution in [2.75, 3.05) is 7.11 Å². The van der Waals surface area contributed by atoms with E-state index in [2.05, 4.69) is 4.98 Å². The molecule has 0 saturated carbocycles. The summed E-state index contributed by atoms with van der Waals surface area (Å²) >= 11 is 0. The van der Waals surface area contributed by atoms with E-state index < -0.39 is 18.0 Å². The summed E-state index contributed by atoms with van der Waals surface area (Å²) in [6, 6.07) is 8.55. The van der Waals surface area contributed by atoms with E-state index in [-0.39, 0.29) is 5.69 Å². The number of nitrogens with zero attached hydrogens (tertiary/aromatic N) is 1. The van der Waals surface area contributed by atoms with Gasteiger partial charge in [0, 0.05) is 5.39 Å². The fourth-order valence-corrected chi connectivity index (χ4v) is 1.62. The van der Waals surface area contributed by atoms with Gasteiger partial charge in [0.15, 0.2) is 6.10 Å². The molecule has 0 aliphatic rings. The van der Waals surface area contributed by atoms with Gasteiger partial charge >= 0.3 is 5.97 Å². The number of fused-ring (bicyclic) bond motifs is 1. The summed E-state index contributed by atoms with van der Waals surface area (Å²) in [5.74, 6) is -0.685. The van der Waals surface area contributed by atoms with Crippen molar-refractivity contribution in [3.05, 3.63) is 36.0 Å². The Bertz CT molecular complexity index is 669.